The third-order valence-electron chi connectivity index (χ3n) is 3.15. The maximum Gasteiger partial charge on any atom is 0.0544 e. The van der Waals surface area contributed by atoms with Crippen LogP contribution in [0.2, 0.25) is 0 Å². The van der Waals surface area contributed by atoms with Crippen molar-refractivity contribution in [3.63, 3.8) is 0 Å². The van der Waals surface area contributed by atoms with Crippen LogP contribution in [-0.2, 0) is 6.54 Å². The van der Waals surface area contributed by atoms with Gasteiger partial charge in [0.1, 0.15) is 0 Å². The zero-order valence-corrected chi connectivity index (χ0v) is 11.6. The van der Waals surface area contributed by atoms with Gasteiger partial charge in [-0.1, -0.05) is 13.8 Å². The van der Waals surface area contributed by atoms with Gasteiger partial charge >= 0.3 is 0 Å². The van der Waals surface area contributed by atoms with E-state index in [0.717, 1.165) is 11.0 Å². The highest BCUT2D eigenvalue weighted by Gasteiger charge is 2.26. The maximum atomic E-state index is 4.43. The number of hydrogen-bond acceptors (Lipinski definition) is 2. The fourth-order valence-corrected chi connectivity index (χ4v) is 2.64. The number of likely N-dealkylation sites (tertiary alicyclic amines) is 1. The highest BCUT2D eigenvalue weighted by atomic mass is 79.9. The summed E-state index contributed by atoms with van der Waals surface area (Å²) < 4.78 is 1.05. The number of aromatic nitrogens is 1. The van der Waals surface area contributed by atoms with Gasteiger partial charge in [0.15, 0.2) is 0 Å². The van der Waals surface area contributed by atoms with Gasteiger partial charge in [0.25, 0.3) is 0 Å². The maximum absolute atomic E-state index is 4.43. The molecule has 0 saturated carbocycles. The zero-order valence-electron chi connectivity index (χ0n) is 10.0. The molecule has 2 nitrogen and oxygen atoms in total. The second kappa shape index (κ2) is 4.84. The first-order valence-electron chi connectivity index (χ1n) is 5.88. The quantitative estimate of drug-likeness (QED) is 0.826. The Balaban J connectivity index is 1.97. The lowest BCUT2D eigenvalue weighted by Gasteiger charge is -2.37. The van der Waals surface area contributed by atoms with Crippen LogP contribution in [0.1, 0.15) is 32.4 Å². The second-order valence-corrected chi connectivity index (χ2v) is 6.36. The smallest absolute Gasteiger partial charge is 0.0544 e. The molecular weight excluding hydrogens is 264 g/mol. The Hall–Kier alpha value is -0.410. The molecule has 1 aromatic heterocycles. The Labute approximate surface area is 106 Å². The summed E-state index contributed by atoms with van der Waals surface area (Å²) in [4.78, 5) is 6.95. The zero-order chi connectivity index (χ0) is 11.6. The van der Waals surface area contributed by atoms with E-state index in [1.165, 1.54) is 31.6 Å². The Kier molecular flexibility index (Phi) is 3.65. The van der Waals surface area contributed by atoms with E-state index < -0.39 is 0 Å². The predicted octanol–water partition coefficient (Wildman–Crippen LogP) is 3.47. The Bertz CT molecular complexity index is 345. The summed E-state index contributed by atoms with van der Waals surface area (Å²) >= 11 is 3.41. The largest absolute Gasteiger partial charge is 0.297 e. The normalized spacial score (nSPS) is 20.9. The fourth-order valence-electron chi connectivity index (χ4n) is 2.41. The molecule has 0 unspecified atom stereocenters. The van der Waals surface area contributed by atoms with E-state index in [4.69, 9.17) is 0 Å². The monoisotopic (exact) mass is 282 g/mol. The van der Waals surface area contributed by atoms with E-state index in [9.17, 15) is 0 Å². The minimum Gasteiger partial charge on any atom is -0.297 e. The van der Waals surface area contributed by atoms with Crippen LogP contribution in [0.4, 0.5) is 0 Å². The molecule has 0 amide bonds. The summed E-state index contributed by atoms with van der Waals surface area (Å²) in [6.07, 6.45) is 4.53. The van der Waals surface area contributed by atoms with Crippen molar-refractivity contribution in [3.8, 4) is 0 Å². The Morgan fingerprint density at radius 2 is 2.25 bits per heavy atom. The first-order valence-corrected chi connectivity index (χ1v) is 6.67. The molecule has 2 rings (SSSR count). The van der Waals surface area contributed by atoms with Crippen molar-refractivity contribution in [1.29, 1.82) is 0 Å². The molecule has 1 fully saturated rings. The third-order valence-corrected chi connectivity index (χ3v) is 3.62. The highest BCUT2D eigenvalue weighted by molar-refractivity contribution is 9.10. The fraction of sp³-hybridized carbons (Fsp3) is 0.615. The molecule has 3 heteroatoms. The first-order chi connectivity index (χ1) is 7.55. The lowest BCUT2D eigenvalue weighted by atomic mass is 9.84. The van der Waals surface area contributed by atoms with Gasteiger partial charge in [-0.25, -0.2) is 0 Å². The number of hydrogen-bond donors (Lipinski definition) is 0. The molecule has 1 aliphatic rings. The van der Waals surface area contributed by atoms with Gasteiger partial charge < -0.3 is 0 Å². The van der Waals surface area contributed by atoms with Crippen molar-refractivity contribution in [2.75, 3.05) is 13.1 Å². The Morgan fingerprint density at radius 1 is 1.44 bits per heavy atom. The van der Waals surface area contributed by atoms with Crippen molar-refractivity contribution >= 4 is 15.9 Å². The van der Waals surface area contributed by atoms with Gasteiger partial charge in [0, 0.05) is 23.8 Å². The molecule has 0 N–H and O–H groups in total. The van der Waals surface area contributed by atoms with Crippen molar-refractivity contribution in [2.24, 2.45) is 5.41 Å². The lowest BCUT2D eigenvalue weighted by molar-refractivity contribution is 0.110. The van der Waals surface area contributed by atoms with Crippen molar-refractivity contribution in [3.05, 3.63) is 28.5 Å². The molecule has 0 atom stereocenters. The van der Waals surface area contributed by atoms with Gasteiger partial charge in [0.05, 0.1) is 5.69 Å². The van der Waals surface area contributed by atoms with Crippen LogP contribution in [0.3, 0.4) is 0 Å². The average Bonchev–Trinajstić information content (AvgIpc) is 2.20. The number of halogens is 1. The third kappa shape index (κ3) is 3.29. The number of piperidine rings is 1. The summed E-state index contributed by atoms with van der Waals surface area (Å²) in [7, 11) is 0. The summed E-state index contributed by atoms with van der Waals surface area (Å²) in [6, 6.07) is 4.17. The standard InChI is InChI=1S/C13H19BrN2/c1-13(2)6-3-7-16(10-13)9-12-5-4-11(14)8-15-12/h4-5,8H,3,6-7,9-10H2,1-2H3. The van der Waals surface area contributed by atoms with Crippen LogP contribution in [0.5, 0.6) is 0 Å². The minimum atomic E-state index is 0.466. The number of pyridine rings is 1. The summed E-state index contributed by atoms with van der Waals surface area (Å²) in [5.41, 5.74) is 1.63. The van der Waals surface area contributed by atoms with Crippen LogP contribution < -0.4 is 0 Å². The van der Waals surface area contributed by atoms with E-state index in [1.54, 1.807) is 0 Å². The van der Waals surface area contributed by atoms with E-state index in [2.05, 4.69) is 51.8 Å². The summed E-state index contributed by atoms with van der Waals surface area (Å²) in [5, 5.41) is 0. The molecule has 2 heterocycles. The van der Waals surface area contributed by atoms with Gasteiger partial charge in [-0.2, -0.15) is 0 Å². The van der Waals surface area contributed by atoms with Crippen molar-refractivity contribution in [1.82, 2.24) is 9.88 Å². The number of nitrogens with zero attached hydrogens (tertiary/aromatic N) is 2. The van der Waals surface area contributed by atoms with Crippen LogP contribution in [0, 0.1) is 5.41 Å². The van der Waals surface area contributed by atoms with E-state index >= 15 is 0 Å². The molecule has 0 radical (unpaired) electrons. The van der Waals surface area contributed by atoms with Crippen LogP contribution in [-0.4, -0.2) is 23.0 Å². The summed E-state index contributed by atoms with van der Waals surface area (Å²) in [6.45, 7) is 8.09. The van der Waals surface area contributed by atoms with Crippen LogP contribution in [0.25, 0.3) is 0 Å². The van der Waals surface area contributed by atoms with Crippen LogP contribution in [0.15, 0.2) is 22.8 Å². The predicted molar refractivity (Wildman–Crippen MR) is 70.2 cm³/mol. The van der Waals surface area contributed by atoms with Gasteiger partial charge in [0.2, 0.25) is 0 Å². The molecule has 0 aliphatic carbocycles. The highest BCUT2D eigenvalue weighted by Crippen LogP contribution is 2.28. The summed E-state index contributed by atoms with van der Waals surface area (Å²) in [5.74, 6) is 0. The van der Waals surface area contributed by atoms with Crippen LogP contribution >= 0.6 is 15.9 Å². The molecule has 1 saturated heterocycles. The number of rotatable bonds is 2. The molecule has 0 spiro atoms. The molecule has 16 heavy (non-hydrogen) atoms. The molecule has 0 bridgehead atoms. The van der Waals surface area contributed by atoms with Gasteiger partial charge in [-0.3, -0.25) is 9.88 Å². The topological polar surface area (TPSA) is 16.1 Å². The Morgan fingerprint density at radius 3 is 2.88 bits per heavy atom. The second-order valence-electron chi connectivity index (χ2n) is 5.45. The van der Waals surface area contributed by atoms with Crippen molar-refractivity contribution < 1.29 is 0 Å². The lowest BCUT2D eigenvalue weighted by Crippen LogP contribution is -2.39. The SMILES string of the molecule is CC1(C)CCCN(Cc2ccc(Br)cn2)C1. The molecule has 1 aromatic rings. The van der Waals surface area contributed by atoms with Crippen molar-refractivity contribution in [2.45, 2.75) is 33.2 Å². The van der Waals surface area contributed by atoms with E-state index in [1.807, 2.05) is 6.20 Å². The van der Waals surface area contributed by atoms with Gasteiger partial charge in [-0.05, 0) is 52.9 Å². The molecule has 0 aromatic carbocycles. The average molecular weight is 283 g/mol. The molecular formula is C13H19BrN2. The molecule has 1 aliphatic heterocycles. The first kappa shape index (κ1) is 12.1. The van der Waals surface area contributed by atoms with E-state index in [0.29, 0.717) is 5.41 Å². The van der Waals surface area contributed by atoms with Gasteiger partial charge in [-0.15, -0.1) is 0 Å². The minimum absolute atomic E-state index is 0.466. The van der Waals surface area contributed by atoms with E-state index in [-0.39, 0.29) is 0 Å². The molecule has 88 valence electrons.